The molecule has 2 aliphatic rings. The Labute approximate surface area is 165 Å². The van der Waals surface area contributed by atoms with E-state index in [4.69, 9.17) is 9.47 Å². The molecule has 6 N–H and O–H groups in total. The van der Waals surface area contributed by atoms with Crippen LogP contribution in [-0.4, -0.2) is 73.7 Å². The number of phenols is 2. The third kappa shape index (κ3) is 3.22. The lowest BCUT2D eigenvalue weighted by atomic mass is 9.84. The van der Waals surface area contributed by atoms with Crippen molar-refractivity contribution in [1.29, 1.82) is 0 Å². The fraction of sp³-hybridized carbons (Fsp3) is 0.350. The van der Waals surface area contributed by atoms with Crippen LogP contribution in [0.2, 0.25) is 0 Å². The predicted molar refractivity (Wildman–Crippen MR) is 96.8 cm³/mol. The number of aliphatic hydroxyl groups is 4. The number of ether oxygens (including phenoxy) is 2. The topological polar surface area (TPSA) is 157 Å². The Kier molecular flexibility index (Phi) is 4.93. The van der Waals surface area contributed by atoms with E-state index in [0.29, 0.717) is 11.1 Å². The monoisotopic (exact) mass is 404 g/mol. The summed E-state index contributed by atoms with van der Waals surface area (Å²) in [5, 5.41) is 59.5. The van der Waals surface area contributed by atoms with Gasteiger partial charge in [0.25, 0.3) is 0 Å². The summed E-state index contributed by atoms with van der Waals surface area (Å²) < 4.78 is 10.9. The number of aliphatic hydroxyl groups excluding tert-OH is 4. The average molecular weight is 404 g/mol. The number of aromatic hydroxyl groups is 2. The Morgan fingerprint density at radius 3 is 2.48 bits per heavy atom. The second kappa shape index (κ2) is 7.29. The van der Waals surface area contributed by atoms with Gasteiger partial charge >= 0.3 is 0 Å². The van der Waals surface area contributed by atoms with E-state index in [-0.39, 0.29) is 34.8 Å². The number of ketones is 1. The summed E-state index contributed by atoms with van der Waals surface area (Å²) in [6.07, 6.45) is -7.34. The molecule has 0 aromatic heterocycles. The Morgan fingerprint density at radius 2 is 1.76 bits per heavy atom. The molecule has 29 heavy (non-hydrogen) atoms. The zero-order chi connectivity index (χ0) is 20.9. The number of hydrogen-bond donors (Lipinski definition) is 6. The molecule has 5 unspecified atom stereocenters. The summed E-state index contributed by atoms with van der Waals surface area (Å²) in [6.45, 7) is -0.636. The van der Waals surface area contributed by atoms with Crippen molar-refractivity contribution in [3.05, 3.63) is 52.6 Å². The first-order valence-corrected chi connectivity index (χ1v) is 9.00. The number of fused-ring (bicyclic) bond motifs is 2. The number of phenolic OH excluding ortho intramolecular Hbond substituents is 2. The summed E-state index contributed by atoms with van der Waals surface area (Å²) in [6, 6.07) is 7.25. The van der Waals surface area contributed by atoms with Crippen molar-refractivity contribution in [3.8, 4) is 17.2 Å². The molecule has 1 aliphatic carbocycles. The molecule has 0 saturated carbocycles. The molecule has 9 heteroatoms. The van der Waals surface area contributed by atoms with Gasteiger partial charge in [-0.15, -0.1) is 0 Å². The van der Waals surface area contributed by atoms with E-state index in [2.05, 4.69) is 0 Å². The Morgan fingerprint density at radius 1 is 1.00 bits per heavy atom. The zero-order valence-electron chi connectivity index (χ0n) is 15.1. The van der Waals surface area contributed by atoms with Crippen LogP contribution in [0.15, 0.2) is 30.3 Å². The van der Waals surface area contributed by atoms with Crippen molar-refractivity contribution in [3.63, 3.8) is 0 Å². The van der Waals surface area contributed by atoms with Crippen LogP contribution in [-0.2, 0) is 11.2 Å². The van der Waals surface area contributed by atoms with Gasteiger partial charge in [-0.05, 0) is 29.7 Å². The second-order valence-corrected chi connectivity index (χ2v) is 7.11. The molecule has 0 amide bonds. The number of rotatable bonds is 3. The van der Waals surface area contributed by atoms with E-state index < -0.39 is 43.1 Å². The first kappa shape index (κ1) is 19.6. The van der Waals surface area contributed by atoms with Crippen molar-refractivity contribution in [1.82, 2.24) is 0 Å². The van der Waals surface area contributed by atoms with Gasteiger partial charge in [0.2, 0.25) is 12.1 Å². The van der Waals surface area contributed by atoms with Gasteiger partial charge in [0.1, 0.15) is 41.7 Å². The van der Waals surface area contributed by atoms with Gasteiger partial charge in [-0.1, -0.05) is 12.1 Å². The van der Waals surface area contributed by atoms with Crippen LogP contribution in [0.5, 0.6) is 17.2 Å². The molecule has 4 rings (SSSR count). The maximum Gasteiger partial charge on any atom is 0.229 e. The second-order valence-electron chi connectivity index (χ2n) is 7.11. The lowest BCUT2D eigenvalue weighted by molar-refractivity contribution is -0.277. The SMILES string of the molecule is O=C1c2c(O)cccc2Cc2cc(O)cc(OC3OC(CO)C(O)C(O)C3O)c21. The highest BCUT2D eigenvalue weighted by atomic mass is 16.7. The molecule has 1 heterocycles. The van der Waals surface area contributed by atoms with E-state index in [1.54, 1.807) is 12.1 Å². The lowest BCUT2D eigenvalue weighted by Crippen LogP contribution is -2.60. The van der Waals surface area contributed by atoms with E-state index in [0.717, 1.165) is 6.07 Å². The lowest BCUT2D eigenvalue weighted by Gasteiger charge is -2.39. The summed E-state index contributed by atoms with van der Waals surface area (Å²) in [7, 11) is 0. The molecule has 2 aromatic rings. The van der Waals surface area contributed by atoms with Crippen LogP contribution in [0.25, 0.3) is 0 Å². The summed E-state index contributed by atoms with van der Waals surface area (Å²) >= 11 is 0. The molecule has 1 aliphatic heterocycles. The number of carbonyl (C=O) groups is 1. The van der Waals surface area contributed by atoms with Gasteiger partial charge in [-0.25, -0.2) is 0 Å². The molecule has 0 radical (unpaired) electrons. The van der Waals surface area contributed by atoms with Crippen LogP contribution in [0.4, 0.5) is 0 Å². The molecule has 2 aromatic carbocycles. The van der Waals surface area contributed by atoms with E-state index in [1.165, 1.54) is 12.1 Å². The minimum atomic E-state index is -1.68. The number of carbonyl (C=O) groups excluding carboxylic acids is 1. The molecule has 1 saturated heterocycles. The molecule has 0 bridgehead atoms. The first-order chi connectivity index (χ1) is 13.8. The first-order valence-electron chi connectivity index (χ1n) is 9.00. The van der Waals surface area contributed by atoms with Crippen LogP contribution in [0.1, 0.15) is 27.0 Å². The molecular weight excluding hydrogens is 384 g/mol. The minimum Gasteiger partial charge on any atom is -0.508 e. The van der Waals surface area contributed by atoms with E-state index >= 15 is 0 Å². The predicted octanol–water partition coefficient (Wildman–Crippen LogP) is -0.588. The van der Waals surface area contributed by atoms with Gasteiger partial charge in [-0.2, -0.15) is 0 Å². The van der Waals surface area contributed by atoms with Crippen LogP contribution < -0.4 is 4.74 Å². The van der Waals surface area contributed by atoms with Crippen molar-refractivity contribution >= 4 is 5.78 Å². The summed E-state index contributed by atoms with van der Waals surface area (Å²) in [5.41, 5.74) is 1.23. The third-order valence-corrected chi connectivity index (χ3v) is 5.22. The summed E-state index contributed by atoms with van der Waals surface area (Å²) in [5.74, 6) is -1.04. The quantitative estimate of drug-likeness (QED) is 0.336. The maximum absolute atomic E-state index is 13.1. The van der Waals surface area contributed by atoms with E-state index in [9.17, 15) is 35.4 Å². The van der Waals surface area contributed by atoms with E-state index in [1.807, 2.05) is 0 Å². The number of benzene rings is 2. The Balaban J connectivity index is 1.73. The smallest absolute Gasteiger partial charge is 0.229 e. The molecule has 154 valence electrons. The Bertz CT molecular complexity index is 955. The van der Waals surface area contributed by atoms with Gasteiger partial charge in [0.15, 0.2) is 0 Å². The molecule has 9 nitrogen and oxygen atoms in total. The molecule has 5 atom stereocenters. The maximum atomic E-state index is 13.1. The molecular formula is C20H20O9. The van der Waals surface area contributed by atoms with Gasteiger partial charge in [0, 0.05) is 6.07 Å². The van der Waals surface area contributed by atoms with Gasteiger partial charge in [-0.3, -0.25) is 4.79 Å². The highest BCUT2D eigenvalue weighted by Gasteiger charge is 2.45. The normalized spacial score (nSPS) is 28.6. The van der Waals surface area contributed by atoms with Gasteiger partial charge < -0.3 is 40.1 Å². The average Bonchev–Trinajstić information content (AvgIpc) is 2.67. The van der Waals surface area contributed by atoms with Gasteiger partial charge in [0.05, 0.1) is 17.7 Å². The zero-order valence-corrected chi connectivity index (χ0v) is 15.1. The van der Waals surface area contributed by atoms with Crippen molar-refractivity contribution in [2.75, 3.05) is 6.61 Å². The minimum absolute atomic E-state index is 0.0776. The highest BCUT2D eigenvalue weighted by molar-refractivity contribution is 6.15. The third-order valence-electron chi connectivity index (χ3n) is 5.22. The van der Waals surface area contributed by atoms with Crippen molar-refractivity contribution in [2.24, 2.45) is 0 Å². The largest absolute Gasteiger partial charge is 0.508 e. The molecule has 0 spiro atoms. The molecule has 1 fully saturated rings. The van der Waals surface area contributed by atoms with Crippen molar-refractivity contribution in [2.45, 2.75) is 37.1 Å². The summed E-state index contributed by atoms with van der Waals surface area (Å²) in [4.78, 5) is 13.1. The standard InChI is InChI=1S/C20H20O9/c21-7-13-16(24)18(26)19(27)20(29-13)28-12-6-10(22)5-9-4-8-2-1-3-11(23)14(8)17(25)15(9)12/h1-3,5-6,13,16,18-24,26-27H,4,7H2. The highest BCUT2D eigenvalue weighted by Crippen LogP contribution is 2.40. The van der Waals surface area contributed by atoms with Crippen LogP contribution >= 0.6 is 0 Å². The Hall–Kier alpha value is -2.69. The fourth-order valence-electron chi connectivity index (χ4n) is 3.76. The fourth-order valence-corrected chi connectivity index (χ4v) is 3.76. The number of hydrogen-bond acceptors (Lipinski definition) is 9. The van der Waals surface area contributed by atoms with Crippen LogP contribution in [0.3, 0.4) is 0 Å². The van der Waals surface area contributed by atoms with Crippen molar-refractivity contribution < 1.29 is 44.9 Å². The van der Waals surface area contributed by atoms with Crippen LogP contribution in [0, 0.1) is 0 Å².